The molecular formula is C8H11NO3. The minimum absolute atomic E-state index is 0.444. The monoisotopic (exact) mass is 169 g/mol. The molecule has 0 saturated heterocycles. The normalized spacial score (nSPS) is 12.9. The smallest absolute Gasteiger partial charge is 0.314 e. The van der Waals surface area contributed by atoms with E-state index in [0.29, 0.717) is 5.76 Å². The second-order valence-electron chi connectivity index (χ2n) is 2.82. The number of aliphatic carboxylic acids is 1. The molecule has 0 spiro atoms. The Balaban J connectivity index is 3.03. The molecule has 1 unspecified atom stereocenters. The molecule has 1 heterocycles. The summed E-state index contributed by atoms with van der Waals surface area (Å²) >= 11 is 0. The number of carboxylic acids is 1. The number of rotatable bonds is 2. The summed E-state index contributed by atoms with van der Waals surface area (Å²) in [6, 6.07) is 0. The average Bonchev–Trinajstić information content (AvgIpc) is 2.32. The highest BCUT2D eigenvalue weighted by Gasteiger charge is 2.21. The van der Waals surface area contributed by atoms with Crippen LogP contribution in [-0.2, 0) is 4.79 Å². The van der Waals surface area contributed by atoms with E-state index < -0.39 is 11.9 Å². The van der Waals surface area contributed by atoms with Crippen LogP contribution in [-0.4, -0.2) is 16.2 Å². The molecule has 0 saturated carbocycles. The largest absolute Gasteiger partial charge is 0.481 e. The van der Waals surface area contributed by atoms with Crippen LogP contribution < -0.4 is 0 Å². The van der Waals surface area contributed by atoms with Gasteiger partial charge in [0.05, 0.1) is 5.69 Å². The van der Waals surface area contributed by atoms with Crippen molar-refractivity contribution in [2.75, 3.05) is 0 Å². The first-order valence-corrected chi connectivity index (χ1v) is 3.69. The second kappa shape index (κ2) is 2.97. The van der Waals surface area contributed by atoms with Crippen LogP contribution in [0.15, 0.2) is 4.52 Å². The van der Waals surface area contributed by atoms with Crippen LogP contribution in [0.5, 0.6) is 0 Å². The van der Waals surface area contributed by atoms with Gasteiger partial charge in [-0.1, -0.05) is 5.16 Å². The van der Waals surface area contributed by atoms with Crippen LogP contribution in [0.25, 0.3) is 0 Å². The Morgan fingerprint density at radius 1 is 1.58 bits per heavy atom. The summed E-state index contributed by atoms with van der Waals surface area (Å²) in [6.07, 6.45) is 0. The molecule has 0 fully saturated rings. The third-order valence-corrected chi connectivity index (χ3v) is 1.96. The van der Waals surface area contributed by atoms with Gasteiger partial charge in [0.25, 0.3) is 0 Å². The molecule has 4 heteroatoms. The van der Waals surface area contributed by atoms with Crippen LogP contribution in [0, 0.1) is 13.8 Å². The van der Waals surface area contributed by atoms with E-state index in [4.69, 9.17) is 9.63 Å². The number of carbonyl (C=O) groups is 1. The van der Waals surface area contributed by atoms with E-state index in [-0.39, 0.29) is 0 Å². The standard InChI is InChI=1S/C8H11NO3/c1-4-6(3)9-12-7(4)5(2)8(10)11/h5H,1-3H3,(H,10,11). The molecule has 4 nitrogen and oxygen atoms in total. The molecule has 1 aromatic rings. The maximum Gasteiger partial charge on any atom is 0.314 e. The quantitative estimate of drug-likeness (QED) is 0.728. The van der Waals surface area contributed by atoms with Crippen molar-refractivity contribution in [2.45, 2.75) is 26.7 Å². The predicted octanol–water partition coefficient (Wildman–Crippen LogP) is 1.48. The highest BCUT2D eigenvalue weighted by Crippen LogP contribution is 2.21. The van der Waals surface area contributed by atoms with Gasteiger partial charge < -0.3 is 9.63 Å². The molecule has 0 bridgehead atoms. The van der Waals surface area contributed by atoms with Crippen LogP contribution in [0.1, 0.15) is 29.9 Å². The summed E-state index contributed by atoms with van der Waals surface area (Å²) in [5.41, 5.74) is 1.57. The van der Waals surface area contributed by atoms with E-state index in [0.717, 1.165) is 11.3 Å². The molecule has 1 aromatic heterocycles. The third kappa shape index (κ3) is 1.32. The molecule has 0 aliphatic heterocycles. The molecule has 66 valence electrons. The fraction of sp³-hybridized carbons (Fsp3) is 0.500. The van der Waals surface area contributed by atoms with Crippen molar-refractivity contribution < 1.29 is 14.4 Å². The maximum atomic E-state index is 10.6. The molecule has 12 heavy (non-hydrogen) atoms. The highest BCUT2D eigenvalue weighted by atomic mass is 16.5. The summed E-state index contributed by atoms with van der Waals surface area (Å²) in [6.45, 7) is 5.17. The van der Waals surface area contributed by atoms with E-state index in [9.17, 15) is 4.79 Å². The first-order chi connectivity index (χ1) is 5.54. The van der Waals surface area contributed by atoms with Crippen molar-refractivity contribution in [3.63, 3.8) is 0 Å². The van der Waals surface area contributed by atoms with Crippen LogP contribution in [0.2, 0.25) is 0 Å². The van der Waals surface area contributed by atoms with Gasteiger partial charge >= 0.3 is 5.97 Å². The van der Waals surface area contributed by atoms with Crippen molar-refractivity contribution in [2.24, 2.45) is 0 Å². The molecule has 0 aliphatic carbocycles. The third-order valence-electron chi connectivity index (χ3n) is 1.96. The van der Waals surface area contributed by atoms with Gasteiger partial charge in [0.2, 0.25) is 0 Å². The summed E-state index contributed by atoms with van der Waals surface area (Å²) in [4.78, 5) is 10.6. The predicted molar refractivity (Wildman–Crippen MR) is 42.0 cm³/mol. The summed E-state index contributed by atoms with van der Waals surface area (Å²) in [7, 11) is 0. The van der Waals surface area contributed by atoms with E-state index >= 15 is 0 Å². The maximum absolute atomic E-state index is 10.6. The number of nitrogens with zero attached hydrogens (tertiary/aromatic N) is 1. The topological polar surface area (TPSA) is 63.3 Å². The lowest BCUT2D eigenvalue weighted by Gasteiger charge is -2.00. The lowest BCUT2D eigenvalue weighted by Crippen LogP contribution is -2.07. The Bertz CT molecular complexity index is 303. The molecule has 1 atom stereocenters. The zero-order chi connectivity index (χ0) is 9.30. The zero-order valence-electron chi connectivity index (χ0n) is 7.29. The Morgan fingerprint density at radius 2 is 2.17 bits per heavy atom. The Morgan fingerprint density at radius 3 is 2.50 bits per heavy atom. The SMILES string of the molecule is Cc1noc(C(C)C(=O)O)c1C. The Hall–Kier alpha value is -1.32. The van der Waals surface area contributed by atoms with E-state index in [1.165, 1.54) is 0 Å². The van der Waals surface area contributed by atoms with Gasteiger partial charge in [0.1, 0.15) is 5.92 Å². The average molecular weight is 169 g/mol. The lowest BCUT2D eigenvalue weighted by atomic mass is 10.1. The molecule has 0 radical (unpaired) electrons. The molecule has 1 rings (SSSR count). The lowest BCUT2D eigenvalue weighted by molar-refractivity contribution is -0.138. The first kappa shape index (κ1) is 8.77. The molecule has 0 aliphatic rings. The van der Waals surface area contributed by atoms with E-state index in [2.05, 4.69) is 5.16 Å². The van der Waals surface area contributed by atoms with E-state index in [1.54, 1.807) is 20.8 Å². The van der Waals surface area contributed by atoms with Gasteiger partial charge in [-0.05, 0) is 20.8 Å². The van der Waals surface area contributed by atoms with Crippen LogP contribution >= 0.6 is 0 Å². The molecular weight excluding hydrogens is 158 g/mol. The fourth-order valence-corrected chi connectivity index (χ4v) is 0.949. The van der Waals surface area contributed by atoms with Crippen molar-refractivity contribution >= 4 is 5.97 Å². The summed E-state index contributed by atoms with van der Waals surface area (Å²) < 4.78 is 4.89. The first-order valence-electron chi connectivity index (χ1n) is 3.69. The van der Waals surface area contributed by atoms with Crippen LogP contribution in [0.4, 0.5) is 0 Å². The summed E-state index contributed by atoms with van der Waals surface area (Å²) in [5.74, 6) is -1.07. The van der Waals surface area contributed by atoms with Gasteiger partial charge in [-0.15, -0.1) is 0 Å². The number of aromatic nitrogens is 1. The van der Waals surface area contributed by atoms with E-state index in [1.807, 2.05) is 0 Å². The van der Waals surface area contributed by atoms with Gasteiger partial charge in [0, 0.05) is 5.56 Å². The number of carboxylic acid groups (broad SMARTS) is 1. The van der Waals surface area contributed by atoms with Crippen molar-refractivity contribution in [3.05, 3.63) is 17.0 Å². The Labute approximate surface area is 70.2 Å². The zero-order valence-corrected chi connectivity index (χ0v) is 7.29. The van der Waals surface area contributed by atoms with Crippen molar-refractivity contribution in [1.29, 1.82) is 0 Å². The Kier molecular flexibility index (Phi) is 2.17. The van der Waals surface area contributed by atoms with Gasteiger partial charge in [0.15, 0.2) is 5.76 Å². The molecule has 1 N–H and O–H groups in total. The van der Waals surface area contributed by atoms with Gasteiger partial charge in [-0.25, -0.2) is 0 Å². The van der Waals surface area contributed by atoms with Gasteiger partial charge in [-0.2, -0.15) is 0 Å². The highest BCUT2D eigenvalue weighted by molar-refractivity contribution is 5.75. The number of hydrogen-bond donors (Lipinski definition) is 1. The van der Waals surface area contributed by atoms with Crippen molar-refractivity contribution in [3.8, 4) is 0 Å². The molecule has 0 amide bonds. The number of hydrogen-bond acceptors (Lipinski definition) is 3. The fourth-order valence-electron chi connectivity index (χ4n) is 0.949. The summed E-state index contributed by atoms with van der Waals surface area (Å²) in [5, 5.41) is 12.4. The molecule has 0 aromatic carbocycles. The van der Waals surface area contributed by atoms with Crippen molar-refractivity contribution in [1.82, 2.24) is 5.16 Å². The number of aryl methyl sites for hydroxylation is 1. The second-order valence-corrected chi connectivity index (χ2v) is 2.82. The van der Waals surface area contributed by atoms with Crippen LogP contribution in [0.3, 0.4) is 0 Å². The van der Waals surface area contributed by atoms with Gasteiger partial charge in [-0.3, -0.25) is 4.79 Å². The minimum Gasteiger partial charge on any atom is -0.481 e. The minimum atomic E-state index is -0.894.